The first kappa shape index (κ1) is 27.1. The van der Waals surface area contributed by atoms with E-state index in [1.165, 1.54) is 30.0 Å². The minimum absolute atomic E-state index is 0.0530. The Balaban J connectivity index is 1.33. The summed E-state index contributed by atoms with van der Waals surface area (Å²) in [5.41, 5.74) is 2.05. The summed E-state index contributed by atoms with van der Waals surface area (Å²) in [7, 11) is 0. The van der Waals surface area contributed by atoms with Crippen LogP contribution in [-0.2, 0) is 0 Å². The van der Waals surface area contributed by atoms with Crippen molar-refractivity contribution in [2.45, 2.75) is 21.9 Å². The van der Waals surface area contributed by atoms with Gasteiger partial charge in [-0.2, -0.15) is 0 Å². The molecule has 41 heavy (non-hydrogen) atoms. The van der Waals surface area contributed by atoms with E-state index in [4.69, 9.17) is 16.6 Å². The maximum Gasteiger partial charge on any atom is 0.269 e. The van der Waals surface area contributed by atoms with Gasteiger partial charge in [0.1, 0.15) is 23.4 Å². The standard InChI is InChI=1S/C30H20BrFN4O3S2/c31-18-4-13-23(24(32)17-18)26-14-15-27(39-26)29-28(25-3-1-2-16-33-25)34-30(40)35(29)19-5-9-21(10-6-19)41-22-11-7-20(8-12-22)36(37)38/h1-17,28-29H,(H,34,40)/t28-,29+/m1/s1. The molecule has 1 aliphatic rings. The second-order valence-electron chi connectivity index (χ2n) is 9.17. The van der Waals surface area contributed by atoms with Crippen LogP contribution in [0.2, 0.25) is 0 Å². The van der Waals surface area contributed by atoms with Crippen molar-refractivity contribution in [3.63, 3.8) is 0 Å². The number of thiocarbonyl (C=S) groups is 1. The first-order valence-electron chi connectivity index (χ1n) is 12.5. The highest BCUT2D eigenvalue weighted by atomic mass is 79.9. The Hall–Kier alpha value is -4.06. The lowest BCUT2D eigenvalue weighted by molar-refractivity contribution is -0.384. The van der Waals surface area contributed by atoms with Crippen LogP contribution < -0.4 is 10.2 Å². The van der Waals surface area contributed by atoms with Crippen molar-refractivity contribution < 1.29 is 13.7 Å². The van der Waals surface area contributed by atoms with Crippen LogP contribution in [0.15, 0.2) is 122 Å². The van der Waals surface area contributed by atoms with Crippen LogP contribution in [0.3, 0.4) is 0 Å². The molecule has 0 amide bonds. The second-order valence-corrected chi connectivity index (χ2v) is 11.6. The Labute approximate surface area is 252 Å². The van der Waals surface area contributed by atoms with E-state index in [1.54, 1.807) is 36.5 Å². The highest BCUT2D eigenvalue weighted by Crippen LogP contribution is 2.43. The molecule has 0 bridgehead atoms. The molecule has 5 aromatic rings. The molecule has 11 heteroatoms. The van der Waals surface area contributed by atoms with Crippen molar-refractivity contribution in [2.24, 2.45) is 0 Å². The van der Waals surface area contributed by atoms with Crippen molar-refractivity contribution in [1.29, 1.82) is 0 Å². The van der Waals surface area contributed by atoms with E-state index in [2.05, 4.69) is 26.2 Å². The zero-order valence-electron chi connectivity index (χ0n) is 21.1. The van der Waals surface area contributed by atoms with E-state index in [0.717, 1.165) is 21.2 Å². The summed E-state index contributed by atoms with van der Waals surface area (Å²) in [6.45, 7) is 0. The van der Waals surface area contributed by atoms with Gasteiger partial charge in [0.2, 0.25) is 0 Å². The summed E-state index contributed by atoms with van der Waals surface area (Å²) in [6, 6.07) is 27.8. The predicted molar refractivity (Wildman–Crippen MR) is 163 cm³/mol. The van der Waals surface area contributed by atoms with Gasteiger partial charge < -0.3 is 14.6 Å². The van der Waals surface area contributed by atoms with Crippen molar-refractivity contribution in [3.05, 3.63) is 135 Å². The monoisotopic (exact) mass is 646 g/mol. The maximum absolute atomic E-state index is 14.7. The Bertz CT molecular complexity index is 1730. The number of benzene rings is 3. The summed E-state index contributed by atoms with van der Waals surface area (Å²) in [5.74, 6) is 0.631. The molecule has 204 valence electrons. The van der Waals surface area contributed by atoms with Crippen LogP contribution in [0.4, 0.5) is 15.8 Å². The Kier molecular flexibility index (Phi) is 7.57. The fourth-order valence-electron chi connectivity index (χ4n) is 4.71. The second kappa shape index (κ2) is 11.4. The molecule has 0 unspecified atom stereocenters. The SMILES string of the molecule is O=[N+]([O-])c1ccc(Sc2ccc(N3C(=S)N[C@H](c4ccccn4)[C@@H]3c3ccc(-c4ccc(Br)cc4F)o3)cc2)cc1. The van der Waals surface area contributed by atoms with Crippen LogP contribution in [0.5, 0.6) is 0 Å². The molecule has 1 saturated heterocycles. The van der Waals surface area contributed by atoms with Crippen molar-refractivity contribution in [1.82, 2.24) is 10.3 Å². The number of non-ortho nitro benzene ring substituents is 1. The fourth-order valence-corrected chi connectivity index (χ4v) is 6.21. The van der Waals surface area contributed by atoms with Crippen LogP contribution in [-0.4, -0.2) is 15.0 Å². The van der Waals surface area contributed by atoms with E-state index in [1.807, 2.05) is 53.4 Å². The average Bonchev–Trinajstić information content (AvgIpc) is 3.59. The first-order valence-corrected chi connectivity index (χ1v) is 14.5. The van der Waals surface area contributed by atoms with E-state index in [-0.39, 0.29) is 17.5 Å². The van der Waals surface area contributed by atoms with E-state index >= 15 is 0 Å². The smallest absolute Gasteiger partial charge is 0.269 e. The molecular weight excluding hydrogens is 627 g/mol. The number of hydrogen-bond donors (Lipinski definition) is 1. The third-order valence-corrected chi connectivity index (χ3v) is 8.43. The molecule has 1 N–H and O–H groups in total. The van der Waals surface area contributed by atoms with Gasteiger partial charge in [0.05, 0.1) is 22.2 Å². The van der Waals surface area contributed by atoms with Gasteiger partial charge in [-0.15, -0.1) is 0 Å². The molecule has 3 heterocycles. The van der Waals surface area contributed by atoms with Gasteiger partial charge in [-0.05, 0) is 91.1 Å². The molecule has 2 aromatic heterocycles. The average molecular weight is 648 g/mol. The summed E-state index contributed by atoms with van der Waals surface area (Å²) < 4.78 is 21.7. The molecule has 1 aliphatic heterocycles. The van der Waals surface area contributed by atoms with Crippen LogP contribution in [0.1, 0.15) is 23.5 Å². The minimum atomic E-state index is -0.414. The molecule has 7 nitrogen and oxygen atoms in total. The summed E-state index contributed by atoms with van der Waals surface area (Å²) in [4.78, 5) is 18.9. The van der Waals surface area contributed by atoms with Crippen LogP contribution in [0.25, 0.3) is 11.3 Å². The van der Waals surface area contributed by atoms with Crippen molar-refractivity contribution >= 4 is 56.4 Å². The quantitative estimate of drug-likeness (QED) is 0.107. The van der Waals surface area contributed by atoms with E-state index < -0.39 is 11.0 Å². The Morgan fingerprint density at radius 3 is 2.39 bits per heavy atom. The van der Waals surface area contributed by atoms with Gasteiger partial charge in [0.15, 0.2) is 5.11 Å². The molecule has 1 fully saturated rings. The molecule has 0 spiro atoms. The minimum Gasteiger partial charge on any atom is -0.459 e. The van der Waals surface area contributed by atoms with Gasteiger partial charge in [-0.3, -0.25) is 15.1 Å². The topological polar surface area (TPSA) is 84.4 Å². The third-order valence-electron chi connectivity index (χ3n) is 6.61. The van der Waals surface area contributed by atoms with Crippen LogP contribution in [0, 0.1) is 15.9 Å². The van der Waals surface area contributed by atoms with Crippen LogP contribution >= 0.6 is 39.9 Å². The number of halogens is 2. The number of pyridine rings is 1. The zero-order valence-corrected chi connectivity index (χ0v) is 24.3. The summed E-state index contributed by atoms with van der Waals surface area (Å²) >= 11 is 10.6. The van der Waals surface area contributed by atoms with Gasteiger partial charge in [-0.25, -0.2) is 4.39 Å². The fraction of sp³-hybridized carbons (Fsp3) is 0.0667. The first-order chi connectivity index (χ1) is 19.9. The largest absolute Gasteiger partial charge is 0.459 e. The number of hydrogen-bond acceptors (Lipinski definition) is 6. The molecule has 0 radical (unpaired) electrons. The lowest BCUT2D eigenvalue weighted by Crippen LogP contribution is -2.29. The third kappa shape index (κ3) is 5.61. The van der Waals surface area contributed by atoms with Gasteiger partial charge in [0.25, 0.3) is 5.69 Å². The number of rotatable bonds is 7. The number of nitro benzene ring substituents is 1. The lowest BCUT2D eigenvalue weighted by atomic mass is 10.0. The Morgan fingerprint density at radius 1 is 1.00 bits per heavy atom. The highest BCUT2D eigenvalue weighted by Gasteiger charge is 2.42. The number of nitrogens with one attached hydrogen (secondary N) is 1. The molecule has 6 rings (SSSR count). The molecule has 2 atom stereocenters. The molecular formula is C30H20BrFN4O3S2. The normalized spacial score (nSPS) is 16.5. The van der Waals surface area contributed by atoms with Gasteiger partial charge >= 0.3 is 0 Å². The maximum atomic E-state index is 14.7. The van der Waals surface area contributed by atoms with E-state index in [9.17, 15) is 14.5 Å². The number of anilines is 1. The zero-order chi connectivity index (χ0) is 28.5. The number of furan rings is 1. The van der Waals surface area contributed by atoms with Gasteiger partial charge in [-0.1, -0.05) is 33.8 Å². The number of nitro groups is 1. The molecule has 3 aromatic carbocycles. The number of nitrogens with zero attached hydrogens (tertiary/aromatic N) is 3. The summed E-state index contributed by atoms with van der Waals surface area (Å²) in [5, 5.41) is 14.9. The highest BCUT2D eigenvalue weighted by molar-refractivity contribution is 9.10. The predicted octanol–water partition coefficient (Wildman–Crippen LogP) is 8.48. The summed E-state index contributed by atoms with van der Waals surface area (Å²) in [6.07, 6.45) is 1.73. The number of aromatic nitrogens is 1. The van der Waals surface area contributed by atoms with Crippen molar-refractivity contribution in [2.75, 3.05) is 4.90 Å². The van der Waals surface area contributed by atoms with Gasteiger partial charge in [0, 0.05) is 38.3 Å². The van der Waals surface area contributed by atoms with E-state index in [0.29, 0.717) is 26.7 Å². The molecule has 0 aliphatic carbocycles. The Morgan fingerprint density at radius 2 is 1.73 bits per heavy atom. The molecule has 0 saturated carbocycles. The van der Waals surface area contributed by atoms with Crippen molar-refractivity contribution in [3.8, 4) is 11.3 Å². The lowest BCUT2D eigenvalue weighted by Gasteiger charge is -2.26.